The van der Waals surface area contributed by atoms with Crippen LogP contribution in [0.4, 0.5) is 0 Å². The van der Waals surface area contributed by atoms with Crippen LogP contribution in [0.25, 0.3) is 0 Å². The molecule has 0 unspecified atom stereocenters. The molecular weight excluding hydrogens is 74.1 g/mol. The Bertz CT molecular complexity index is 70.9. The monoisotopic (exact) mass is 84.1 g/mol. The Kier molecular flexibility index (Phi) is 0.274. The summed E-state index contributed by atoms with van der Waals surface area (Å²) in [5.41, 5.74) is 4.66. The number of hydrogen-bond acceptors (Lipinski definition) is 0. The lowest BCUT2D eigenvalue weighted by atomic mass is 9.50. The molecule has 3 aliphatic rings. The van der Waals surface area contributed by atoms with Crippen molar-refractivity contribution in [2.24, 2.45) is 5.92 Å². The minimum absolute atomic E-state index is 0.616. The van der Waals surface area contributed by atoms with E-state index >= 15 is 0 Å². The Balaban J connectivity index is 2.19. The predicted octanol–water partition coefficient (Wildman–Crippen LogP) is -0.219. The van der Waals surface area contributed by atoms with Gasteiger partial charge in [-0.3, -0.25) is 0 Å². The van der Waals surface area contributed by atoms with Gasteiger partial charge in [0.2, 0.25) is 0 Å². The largest absolute Gasteiger partial charge is 0.353 e. The molecule has 0 aromatic heterocycles. The first kappa shape index (κ1) is 3.03. The number of rotatable bonds is 0. The lowest BCUT2D eigenvalue weighted by Gasteiger charge is -2.55. The fraction of sp³-hybridized carbons (Fsp3) is 1.00. The van der Waals surface area contributed by atoms with Crippen molar-refractivity contribution >= 4 is 0 Å². The van der Waals surface area contributed by atoms with E-state index in [4.69, 9.17) is 0 Å². The standard InChI is InChI=1S/C5H9N/c6-5-1-4(2-5)3-5/h4H,1-3,6H2/p+1. The first-order chi connectivity index (χ1) is 2.79. The molecule has 3 aliphatic carbocycles. The minimum atomic E-state index is 0.616. The molecular formula is C5H10N+. The van der Waals surface area contributed by atoms with Gasteiger partial charge in [0.15, 0.2) is 0 Å². The van der Waals surface area contributed by atoms with E-state index in [2.05, 4.69) is 5.73 Å². The molecule has 3 saturated carbocycles. The van der Waals surface area contributed by atoms with Crippen molar-refractivity contribution in [2.45, 2.75) is 24.8 Å². The average molecular weight is 84.1 g/mol. The molecule has 0 spiro atoms. The first-order valence-electron chi connectivity index (χ1n) is 2.64. The van der Waals surface area contributed by atoms with Crippen molar-refractivity contribution in [3.8, 4) is 0 Å². The molecule has 0 saturated heterocycles. The van der Waals surface area contributed by atoms with Gasteiger partial charge in [0.1, 0.15) is 0 Å². The van der Waals surface area contributed by atoms with E-state index in [0.717, 1.165) is 5.92 Å². The molecule has 1 heteroatoms. The predicted molar refractivity (Wildman–Crippen MR) is 23.0 cm³/mol. The maximum absolute atomic E-state index is 4.04. The Morgan fingerprint density at radius 1 is 1.33 bits per heavy atom. The van der Waals surface area contributed by atoms with Gasteiger partial charge in [-0.2, -0.15) is 0 Å². The topological polar surface area (TPSA) is 27.6 Å². The van der Waals surface area contributed by atoms with Crippen molar-refractivity contribution < 1.29 is 5.73 Å². The second kappa shape index (κ2) is 0.544. The maximum atomic E-state index is 4.04. The average Bonchev–Trinajstić information content (AvgIpc) is 1.24. The van der Waals surface area contributed by atoms with Crippen molar-refractivity contribution in [1.29, 1.82) is 0 Å². The lowest BCUT2D eigenvalue weighted by Crippen LogP contribution is -2.85. The van der Waals surface area contributed by atoms with E-state index in [1.165, 1.54) is 19.3 Å². The molecule has 3 fully saturated rings. The molecule has 3 rings (SSSR count). The van der Waals surface area contributed by atoms with E-state index in [0.29, 0.717) is 5.54 Å². The first-order valence-corrected chi connectivity index (χ1v) is 2.64. The maximum Gasteiger partial charge on any atom is 0.0954 e. The van der Waals surface area contributed by atoms with Crippen LogP contribution >= 0.6 is 0 Å². The summed E-state index contributed by atoms with van der Waals surface area (Å²) in [6.45, 7) is 0. The highest BCUT2D eigenvalue weighted by molar-refractivity contribution is 5.06. The molecule has 0 aromatic carbocycles. The highest BCUT2D eigenvalue weighted by Crippen LogP contribution is 2.53. The summed E-state index contributed by atoms with van der Waals surface area (Å²) in [7, 11) is 0. The summed E-state index contributed by atoms with van der Waals surface area (Å²) in [5.74, 6) is 1.11. The molecule has 3 N–H and O–H groups in total. The van der Waals surface area contributed by atoms with Gasteiger partial charge < -0.3 is 5.73 Å². The quantitative estimate of drug-likeness (QED) is 0.420. The third kappa shape index (κ3) is 0.155. The SMILES string of the molecule is [NH3+]C12CC(C1)C2. The second-order valence-corrected chi connectivity index (χ2v) is 2.98. The number of hydrogen-bond donors (Lipinski definition) is 1. The molecule has 0 atom stereocenters. The summed E-state index contributed by atoms with van der Waals surface area (Å²) in [6.07, 6.45) is 4.31. The summed E-state index contributed by atoms with van der Waals surface area (Å²) < 4.78 is 0. The summed E-state index contributed by atoms with van der Waals surface area (Å²) in [6, 6.07) is 0. The summed E-state index contributed by atoms with van der Waals surface area (Å²) in [4.78, 5) is 0. The normalized spacial score (nSPS) is 62.5. The van der Waals surface area contributed by atoms with Gasteiger partial charge in [-0.1, -0.05) is 0 Å². The third-order valence-corrected chi connectivity index (χ3v) is 2.17. The molecule has 34 valence electrons. The Morgan fingerprint density at radius 3 is 1.67 bits per heavy atom. The van der Waals surface area contributed by atoms with Crippen LogP contribution in [0.3, 0.4) is 0 Å². The Hall–Kier alpha value is -0.0400. The molecule has 1 nitrogen and oxygen atoms in total. The highest BCUT2D eigenvalue weighted by atomic mass is 14.9. The second-order valence-electron chi connectivity index (χ2n) is 2.98. The van der Waals surface area contributed by atoms with Gasteiger partial charge in [-0.25, -0.2) is 0 Å². The summed E-state index contributed by atoms with van der Waals surface area (Å²) >= 11 is 0. The van der Waals surface area contributed by atoms with E-state index < -0.39 is 0 Å². The molecule has 0 heterocycles. The Labute approximate surface area is 37.5 Å². The van der Waals surface area contributed by atoms with Crippen LogP contribution in [0.5, 0.6) is 0 Å². The van der Waals surface area contributed by atoms with Crippen molar-refractivity contribution in [1.82, 2.24) is 0 Å². The van der Waals surface area contributed by atoms with Gasteiger partial charge in [0.25, 0.3) is 0 Å². The van der Waals surface area contributed by atoms with Gasteiger partial charge in [-0.15, -0.1) is 0 Å². The van der Waals surface area contributed by atoms with Gasteiger partial charge in [0, 0.05) is 19.3 Å². The zero-order valence-corrected chi connectivity index (χ0v) is 3.91. The van der Waals surface area contributed by atoms with Gasteiger partial charge >= 0.3 is 0 Å². The van der Waals surface area contributed by atoms with Crippen LogP contribution in [-0.2, 0) is 0 Å². The zero-order valence-electron chi connectivity index (χ0n) is 3.91. The molecule has 0 aromatic rings. The molecule has 6 heavy (non-hydrogen) atoms. The van der Waals surface area contributed by atoms with Gasteiger partial charge in [-0.05, 0) is 5.92 Å². The van der Waals surface area contributed by atoms with E-state index in [1.807, 2.05) is 0 Å². The molecule has 2 bridgehead atoms. The van der Waals surface area contributed by atoms with Crippen LogP contribution in [0.1, 0.15) is 19.3 Å². The zero-order chi connectivity index (χ0) is 4.20. The van der Waals surface area contributed by atoms with Crippen LogP contribution < -0.4 is 5.73 Å². The fourth-order valence-corrected chi connectivity index (χ4v) is 1.66. The van der Waals surface area contributed by atoms with E-state index in [1.54, 1.807) is 0 Å². The van der Waals surface area contributed by atoms with Crippen molar-refractivity contribution in [2.75, 3.05) is 0 Å². The molecule has 0 aliphatic heterocycles. The summed E-state index contributed by atoms with van der Waals surface area (Å²) in [5, 5.41) is 0. The highest BCUT2D eigenvalue weighted by Gasteiger charge is 2.57. The lowest BCUT2D eigenvalue weighted by molar-refractivity contribution is -0.549. The fourth-order valence-electron chi connectivity index (χ4n) is 1.66. The molecule has 0 amide bonds. The minimum Gasteiger partial charge on any atom is -0.353 e. The van der Waals surface area contributed by atoms with Crippen LogP contribution in [0, 0.1) is 5.92 Å². The smallest absolute Gasteiger partial charge is 0.0954 e. The van der Waals surface area contributed by atoms with Crippen molar-refractivity contribution in [3.05, 3.63) is 0 Å². The third-order valence-electron chi connectivity index (χ3n) is 2.17. The van der Waals surface area contributed by atoms with Crippen LogP contribution in [-0.4, -0.2) is 5.54 Å². The number of quaternary nitrogens is 1. The van der Waals surface area contributed by atoms with E-state index in [9.17, 15) is 0 Å². The Morgan fingerprint density at radius 2 is 1.67 bits per heavy atom. The van der Waals surface area contributed by atoms with Gasteiger partial charge in [0.05, 0.1) is 5.54 Å². The molecule has 0 radical (unpaired) electrons. The van der Waals surface area contributed by atoms with Crippen molar-refractivity contribution in [3.63, 3.8) is 0 Å². The van der Waals surface area contributed by atoms with Crippen LogP contribution in [0.15, 0.2) is 0 Å². The van der Waals surface area contributed by atoms with Crippen LogP contribution in [0.2, 0.25) is 0 Å². The van der Waals surface area contributed by atoms with E-state index in [-0.39, 0.29) is 0 Å².